The Morgan fingerprint density at radius 2 is 1.71 bits per heavy atom. The fourth-order valence-corrected chi connectivity index (χ4v) is 2.80. The smallest absolute Gasteiger partial charge is 0.119 e. The van der Waals surface area contributed by atoms with E-state index in [1.807, 2.05) is 38.1 Å². The van der Waals surface area contributed by atoms with Gasteiger partial charge in [-0.05, 0) is 55.7 Å². The first-order valence-corrected chi connectivity index (χ1v) is 8.03. The van der Waals surface area contributed by atoms with E-state index in [-0.39, 0.29) is 10.9 Å². The van der Waals surface area contributed by atoms with Gasteiger partial charge in [0, 0.05) is 4.83 Å². The maximum absolute atomic E-state index is 5.75. The lowest BCUT2D eigenvalue weighted by Crippen LogP contribution is -2.06. The Morgan fingerprint density at radius 3 is 2.33 bits per heavy atom. The van der Waals surface area contributed by atoms with Gasteiger partial charge in [0.05, 0.1) is 13.2 Å². The fraction of sp³-hybridized carbons (Fsp3) is 0.333. The third-order valence-corrected chi connectivity index (χ3v) is 4.02. The predicted octanol–water partition coefficient (Wildman–Crippen LogP) is 5.16. The third-order valence-electron chi connectivity index (χ3n) is 3.17. The second-order valence-electron chi connectivity index (χ2n) is 5.26. The summed E-state index contributed by atoms with van der Waals surface area (Å²) in [5.74, 6) is 1.80. The number of halogens is 1. The van der Waals surface area contributed by atoms with E-state index in [2.05, 4.69) is 40.2 Å². The van der Waals surface area contributed by atoms with Gasteiger partial charge >= 0.3 is 0 Å². The molecule has 0 bridgehead atoms. The molecule has 21 heavy (non-hydrogen) atoms. The molecule has 2 aromatic carbocycles. The largest absolute Gasteiger partial charge is 0.497 e. The average Bonchev–Trinajstić information content (AvgIpc) is 2.47. The summed E-state index contributed by atoms with van der Waals surface area (Å²) in [6.45, 7) is 4.07. The topological polar surface area (TPSA) is 18.5 Å². The van der Waals surface area contributed by atoms with E-state index in [0.717, 1.165) is 17.9 Å². The van der Waals surface area contributed by atoms with Crippen LogP contribution in [0, 0.1) is 0 Å². The Morgan fingerprint density at radius 1 is 1.00 bits per heavy atom. The van der Waals surface area contributed by atoms with Crippen LogP contribution in [0.25, 0.3) is 0 Å². The van der Waals surface area contributed by atoms with Crippen molar-refractivity contribution in [3.05, 3.63) is 59.7 Å². The summed E-state index contributed by atoms with van der Waals surface area (Å²) in [7, 11) is 1.68. The maximum atomic E-state index is 5.75. The van der Waals surface area contributed by atoms with Crippen molar-refractivity contribution in [1.29, 1.82) is 0 Å². The Labute approximate surface area is 135 Å². The lowest BCUT2D eigenvalue weighted by Gasteiger charge is -2.14. The minimum absolute atomic E-state index is 0.190. The third kappa shape index (κ3) is 4.78. The highest BCUT2D eigenvalue weighted by molar-refractivity contribution is 9.09. The fourth-order valence-electron chi connectivity index (χ4n) is 2.14. The van der Waals surface area contributed by atoms with Gasteiger partial charge in [0.1, 0.15) is 11.5 Å². The summed E-state index contributed by atoms with van der Waals surface area (Å²) in [5, 5.41) is 0. The van der Waals surface area contributed by atoms with Crippen LogP contribution in [-0.2, 0) is 6.42 Å². The van der Waals surface area contributed by atoms with Crippen molar-refractivity contribution in [2.24, 2.45) is 0 Å². The van der Waals surface area contributed by atoms with Gasteiger partial charge in [0.15, 0.2) is 0 Å². The molecule has 0 saturated heterocycles. The second kappa shape index (κ2) is 7.51. The molecule has 0 aromatic heterocycles. The molecule has 3 heteroatoms. The number of alkyl halides is 1. The minimum Gasteiger partial charge on any atom is -0.497 e. The SMILES string of the molecule is COc1ccc(CC(Br)c2cccc(OC(C)C)c2)cc1. The molecule has 0 aliphatic carbocycles. The van der Waals surface area contributed by atoms with Gasteiger partial charge < -0.3 is 9.47 Å². The molecule has 0 aliphatic heterocycles. The van der Waals surface area contributed by atoms with Crippen molar-refractivity contribution in [3.8, 4) is 11.5 Å². The summed E-state index contributed by atoms with van der Waals surface area (Å²) in [4.78, 5) is 0.265. The molecular formula is C18H21BrO2. The van der Waals surface area contributed by atoms with Crippen molar-refractivity contribution >= 4 is 15.9 Å². The summed E-state index contributed by atoms with van der Waals surface area (Å²) in [6.07, 6.45) is 1.12. The first kappa shape index (κ1) is 15.9. The van der Waals surface area contributed by atoms with E-state index in [1.54, 1.807) is 7.11 Å². The van der Waals surface area contributed by atoms with Crippen molar-refractivity contribution < 1.29 is 9.47 Å². The van der Waals surface area contributed by atoms with Crippen LogP contribution in [0.4, 0.5) is 0 Å². The lowest BCUT2D eigenvalue weighted by atomic mass is 10.0. The van der Waals surface area contributed by atoms with Crippen molar-refractivity contribution in [2.45, 2.75) is 31.2 Å². The second-order valence-corrected chi connectivity index (χ2v) is 6.36. The van der Waals surface area contributed by atoms with E-state index >= 15 is 0 Å². The van der Waals surface area contributed by atoms with E-state index in [0.29, 0.717) is 0 Å². The average molecular weight is 349 g/mol. The van der Waals surface area contributed by atoms with E-state index in [1.165, 1.54) is 11.1 Å². The van der Waals surface area contributed by atoms with Crippen LogP contribution in [0.3, 0.4) is 0 Å². The van der Waals surface area contributed by atoms with Gasteiger partial charge in [-0.2, -0.15) is 0 Å². The van der Waals surface area contributed by atoms with Crippen LogP contribution in [-0.4, -0.2) is 13.2 Å². The number of rotatable bonds is 6. The molecule has 0 spiro atoms. The normalized spacial score (nSPS) is 12.2. The van der Waals surface area contributed by atoms with Gasteiger partial charge in [0.25, 0.3) is 0 Å². The number of methoxy groups -OCH3 is 1. The van der Waals surface area contributed by atoms with Gasteiger partial charge in [0.2, 0.25) is 0 Å². The Bertz CT molecular complexity index is 564. The quantitative estimate of drug-likeness (QED) is 0.671. The molecule has 0 heterocycles. The molecule has 2 nitrogen and oxygen atoms in total. The summed E-state index contributed by atoms with van der Waals surface area (Å²) < 4.78 is 10.9. The van der Waals surface area contributed by atoms with Crippen LogP contribution in [0.15, 0.2) is 48.5 Å². The van der Waals surface area contributed by atoms with Crippen molar-refractivity contribution in [2.75, 3.05) is 7.11 Å². The highest BCUT2D eigenvalue weighted by atomic mass is 79.9. The van der Waals surface area contributed by atoms with E-state index in [9.17, 15) is 0 Å². The summed E-state index contributed by atoms with van der Waals surface area (Å²) in [5.41, 5.74) is 2.50. The zero-order valence-electron chi connectivity index (χ0n) is 12.7. The zero-order chi connectivity index (χ0) is 15.2. The molecule has 0 aliphatic rings. The van der Waals surface area contributed by atoms with Gasteiger partial charge in [-0.1, -0.05) is 40.2 Å². The first-order chi connectivity index (χ1) is 10.1. The van der Waals surface area contributed by atoms with E-state index in [4.69, 9.17) is 9.47 Å². The molecule has 0 saturated carbocycles. The van der Waals surface area contributed by atoms with Crippen LogP contribution >= 0.6 is 15.9 Å². The Hall–Kier alpha value is -1.48. The molecule has 0 radical (unpaired) electrons. The summed E-state index contributed by atoms with van der Waals surface area (Å²) in [6, 6.07) is 16.4. The highest BCUT2D eigenvalue weighted by Gasteiger charge is 2.10. The lowest BCUT2D eigenvalue weighted by molar-refractivity contribution is 0.242. The molecule has 1 unspecified atom stereocenters. The number of ether oxygens (including phenoxy) is 2. The summed E-state index contributed by atoms with van der Waals surface area (Å²) >= 11 is 3.77. The van der Waals surface area contributed by atoms with Crippen molar-refractivity contribution in [1.82, 2.24) is 0 Å². The Balaban J connectivity index is 2.06. The number of benzene rings is 2. The predicted molar refractivity (Wildman–Crippen MR) is 90.6 cm³/mol. The first-order valence-electron chi connectivity index (χ1n) is 7.12. The Kier molecular flexibility index (Phi) is 5.68. The molecule has 1 atom stereocenters. The highest BCUT2D eigenvalue weighted by Crippen LogP contribution is 2.30. The molecule has 112 valence electrons. The molecule has 2 rings (SSSR count). The molecule has 0 fully saturated rings. The van der Waals surface area contributed by atoms with Crippen LogP contribution in [0.1, 0.15) is 29.8 Å². The van der Waals surface area contributed by atoms with Gasteiger partial charge in [-0.15, -0.1) is 0 Å². The van der Waals surface area contributed by atoms with Crippen LogP contribution in [0.2, 0.25) is 0 Å². The number of hydrogen-bond donors (Lipinski definition) is 0. The maximum Gasteiger partial charge on any atom is 0.119 e. The van der Waals surface area contributed by atoms with Crippen LogP contribution in [0.5, 0.6) is 11.5 Å². The van der Waals surface area contributed by atoms with Gasteiger partial charge in [-0.25, -0.2) is 0 Å². The standard InChI is InChI=1S/C18H21BrO2/c1-13(2)21-17-6-4-5-15(12-17)18(19)11-14-7-9-16(20-3)10-8-14/h4-10,12-13,18H,11H2,1-3H3. The molecule has 2 aromatic rings. The molecule has 0 amide bonds. The van der Waals surface area contributed by atoms with Crippen molar-refractivity contribution in [3.63, 3.8) is 0 Å². The molecule has 0 N–H and O–H groups in total. The minimum atomic E-state index is 0.190. The molecular weight excluding hydrogens is 328 g/mol. The monoisotopic (exact) mass is 348 g/mol. The van der Waals surface area contributed by atoms with E-state index < -0.39 is 0 Å². The number of hydrogen-bond acceptors (Lipinski definition) is 2. The van der Waals surface area contributed by atoms with Gasteiger partial charge in [-0.3, -0.25) is 0 Å². The van der Waals surface area contributed by atoms with Crippen LogP contribution < -0.4 is 9.47 Å². The zero-order valence-corrected chi connectivity index (χ0v) is 14.3.